The highest BCUT2D eigenvalue weighted by molar-refractivity contribution is 5.85. The number of hydrogen-bond donors (Lipinski definition) is 1. The molecule has 1 fully saturated rings. The summed E-state index contributed by atoms with van der Waals surface area (Å²) >= 11 is 0. The van der Waals surface area contributed by atoms with E-state index in [2.05, 4.69) is 5.32 Å². The van der Waals surface area contributed by atoms with E-state index in [0.29, 0.717) is 6.42 Å². The Morgan fingerprint density at radius 1 is 1.35 bits per heavy atom. The number of carbonyl (C=O) groups is 1. The van der Waals surface area contributed by atoms with E-state index in [4.69, 9.17) is 9.47 Å². The number of carbonyl (C=O) groups excluding carboxylic acids is 1. The van der Waals surface area contributed by atoms with Crippen molar-refractivity contribution in [2.45, 2.75) is 31.7 Å². The first-order valence-electron chi connectivity index (χ1n) is 7.87. The van der Waals surface area contributed by atoms with Crippen molar-refractivity contribution in [3.8, 4) is 11.5 Å². The van der Waals surface area contributed by atoms with Crippen LogP contribution in [0.1, 0.15) is 37.3 Å². The van der Waals surface area contributed by atoms with E-state index < -0.39 is 0 Å². The zero-order valence-electron chi connectivity index (χ0n) is 14.1. The van der Waals surface area contributed by atoms with E-state index in [1.165, 1.54) is 0 Å². The van der Waals surface area contributed by atoms with Gasteiger partial charge in [0.05, 0.1) is 20.3 Å². The number of hydrogen-bond acceptors (Lipinski definition) is 4. The molecular formula is C17H27ClN2O3. The monoisotopic (exact) mass is 342 g/mol. The number of rotatable bonds is 7. The van der Waals surface area contributed by atoms with Crippen LogP contribution < -0.4 is 14.8 Å². The Morgan fingerprint density at radius 3 is 2.78 bits per heavy atom. The number of benzene rings is 1. The highest BCUT2D eigenvalue weighted by atomic mass is 35.5. The number of nitrogens with zero attached hydrogens (tertiary/aromatic N) is 1. The second-order valence-electron chi connectivity index (χ2n) is 5.56. The summed E-state index contributed by atoms with van der Waals surface area (Å²) in [5.41, 5.74) is 1.07. The second-order valence-corrected chi connectivity index (χ2v) is 5.56. The van der Waals surface area contributed by atoms with E-state index in [9.17, 15) is 4.79 Å². The molecule has 1 aliphatic rings. The Kier molecular flexibility index (Phi) is 8.20. The van der Waals surface area contributed by atoms with Gasteiger partial charge in [0.1, 0.15) is 11.5 Å². The minimum atomic E-state index is 0. The summed E-state index contributed by atoms with van der Waals surface area (Å²) in [5, 5.41) is 3.08. The third kappa shape index (κ3) is 4.75. The van der Waals surface area contributed by atoms with Crippen molar-refractivity contribution in [1.29, 1.82) is 0 Å². The van der Waals surface area contributed by atoms with Crippen LogP contribution in [-0.4, -0.2) is 45.2 Å². The standard InChI is InChI=1S/C17H26N2O3.ClH/c1-18-10-4-7-17(20)19-11-5-6-15(19)14-9-8-13(21-2)12-16(14)22-3;/h8-9,12,15,18H,4-7,10-11H2,1-3H3;1H. The predicted molar refractivity (Wildman–Crippen MR) is 93.6 cm³/mol. The molecule has 5 nitrogen and oxygen atoms in total. The van der Waals surface area contributed by atoms with Crippen LogP contribution in [0.3, 0.4) is 0 Å². The van der Waals surface area contributed by atoms with Crippen LogP contribution in [0.15, 0.2) is 18.2 Å². The van der Waals surface area contributed by atoms with Gasteiger partial charge in [-0.25, -0.2) is 0 Å². The van der Waals surface area contributed by atoms with E-state index in [1.54, 1.807) is 14.2 Å². The van der Waals surface area contributed by atoms with E-state index >= 15 is 0 Å². The molecule has 1 unspecified atom stereocenters. The number of nitrogens with one attached hydrogen (secondary N) is 1. The third-order valence-corrected chi connectivity index (χ3v) is 4.19. The van der Waals surface area contributed by atoms with Crippen LogP contribution in [-0.2, 0) is 4.79 Å². The minimum absolute atomic E-state index is 0. The van der Waals surface area contributed by atoms with Gasteiger partial charge in [-0.05, 0) is 45.0 Å². The molecule has 0 radical (unpaired) electrons. The molecule has 2 rings (SSSR count). The predicted octanol–water partition coefficient (Wildman–Crippen LogP) is 2.79. The van der Waals surface area contributed by atoms with Gasteiger partial charge in [0.15, 0.2) is 0 Å². The second kappa shape index (κ2) is 9.63. The number of methoxy groups -OCH3 is 2. The molecule has 1 amide bonds. The lowest BCUT2D eigenvalue weighted by molar-refractivity contribution is -0.132. The van der Waals surface area contributed by atoms with Gasteiger partial charge in [0.25, 0.3) is 0 Å². The fourth-order valence-corrected chi connectivity index (χ4v) is 3.04. The molecular weight excluding hydrogens is 316 g/mol. The van der Waals surface area contributed by atoms with Crippen LogP contribution in [0.5, 0.6) is 11.5 Å². The molecule has 0 aromatic heterocycles. The maximum absolute atomic E-state index is 12.5. The summed E-state index contributed by atoms with van der Waals surface area (Å²) in [6.07, 6.45) is 3.49. The Hall–Kier alpha value is -1.46. The first-order valence-corrected chi connectivity index (χ1v) is 7.87. The molecule has 23 heavy (non-hydrogen) atoms. The molecule has 1 aromatic rings. The molecule has 0 aliphatic carbocycles. The minimum Gasteiger partial charge on any atom is -0.497 e. The molecule has 0 spiro atoms. The lowest BCUT2D eigenvalue weighted by Gasteiger charge is -2.26. The van der Waals surface area contributed by atoms with Gasteiger partial charge >= 0.3 is 0 Å². The van der Waals surface area contributed by atoms with Crippen LogP contribution in [0.4, 0.5) is 0 Å². The molecule has 1 heterocycles. The van der Waals surface area contributed by atoms with Gasteiger partial charge in [-0.3, -0.25) is 4.79 Å². The molecule has 6 heteroatoms. The lowest BCUT2D eigenvalue weighted by Crippen LogP contribution is -2.31. The quantitative estimate of drug-likeness (QED) is 0.774. The van der Waals surface area contributed by atoms with Gasteiger partial charge in [0.2, 0.25) is 5.91 Å². The fraction of sp³-hybridized carbons (Fsp3) is 0.588. The molecule has 1 N–H and O–H groups in total. The zero-order chi connectivity index (χ0) is 15.9. The van der Waals surface area contributed by atoms with Crippen molar-refractivity contribution in [2.24, 2.45) is 0 Å². The van der Waals surface area contributed by atoms with Crippen molar-refractivity contribution in [3.63, 3.8) is 0 Å². The van der Waals surface area contributed by atoms with E-state index in [0.717, 1.165) is 49.4 Å². The normalized spacial score (nSPS) is 16.8. The molecule has 1 saturated heterocycles. The topological polar surface area (TPSA) is 50.8 Å². The smallest absolute Gasteiger partial charge is 0.223 e. The molecule has 0 bridgehead atoms. The Bertz CT molecular complexity index is 511. The number of halogens is 1. The highest BCUT2D eigenvalue weighted by Crippen LogP contribution is 2.38. The van der Waals surface area contributed by atoms with Crippen molar-refractivity contribution < 1.29 is 14.3 Å². The van der Waals surface area contributed by atoms with Gasteiger partial charge in [-0.1, -0.05) is 0 Å². The lowest BCUT2D eigenvalue weighted by atomic mass is 10.0. The van der Waals surface area contributed by atoms with Crippen molar-refractivity contribution in [1.82, 2.24) is 10.2 Å². The molecule has 130 valence electrons. The summed E-state index contributed by atoms with van der Waals surface area (Å²) in [7, 11) is 5.21. The SMILES string of the molecule is CNCCCC(=O)N1CCCC1c1ccc(OC)cc1OC.Cl. The van der Waals surface area contributed by atoms with Crippen molar-refractivity contribution >= 4 is 18.3 Å². The van der Waals surface area contributed by atoms with E-state index in [1.807, 2.05) is 30.1 Å². The third-order valence-electron chi connectivity index (χ3n) is 4.19. The zero-order valence-corrected chi connectivity index (χ0v) is 14.9. The summed E-state index contributed by atoms with van der Waals surface area (Å²) < 4.78 is 10.7. The van der Waals surface area contributed by atoms with Crippen molar-refractivity contribution in [2.75, 3.05) is 34.4 Å². The summed E-state index contributed by atoms with van der Waals surface area (Å²) in [4.78, 5) is 14.5. The number of ether oxygens (including phenoxy) is 2. The number of likely N-dealkylation sites (tertiary alicyclic amines) is 1. The maximum Gasteiger partial charge on any atom is 0.223 e. The van der Waals surface area contributed by atoms with E-state index in [-0.39, 0.29) is 24.4 Å². The van der Waals surface area contributed by atoms with Crippen LogP contribution in [0.25, 0.3) is 0 Å². The maximum atomic E-state index is 12.5. The fourth-order valence-electron chi connectivity index (χ4n) is 3.04. The van der Waals surface area contributed by atoms with Gasteiger partial charge in [-0.15, -0.1) is 12.4 Å². The average Bonchev–Trinajstić information content (AvgIpc) is 3.03. The Morgan fingerprint density at radius 2 is 2.13 bits per heavy atom. The van der Waals surface area contributed by atoms with Crippen LogP contribution in [0.2, 0.25) is 0 Å². The molecule has 0 saturated carbocycles. The molecule has 1 aliphatic heterocycles. The van der Waals surface area contributed by atoms with Gasteiger partial charge in [0, 0.05) is 24.6 Å². The van der Waals surface area contributed by atoms with Crippen molar-refractivity contribution in [3.05, 3.63) is 23.8 Å². The van der Waals surface area contributed by atoms with Gasteiger partial charge < -0.3 is 19.7 Å². The summed E-state index contributed by atoms with van der Waals surface area (Å²) in [5.74, 6) is 1.79. The Labute approximate surface area is 144 Å². The molecule has 1 aromatic carbocycles. The van der Waals surface area contributed by atoms with Gasteiger partial charge in [-0.2, -0.15) is 0 Å². The molecule has 1 atom stereocenters. The first kappa shape index (κ1) is 19.6. The number of amides is 1. The summed E-state index contributed by atoms with van der Waals surface area (Å²) in [6, 6.07) is 5.95. The van der Waals surface area contributed by atoms with Crippen LogP contribution >= 0.6 is 12.4 Å². The average molecular weight is 343 g/mol. The first-order chi connectivity index (χ1) is 10.7. The summed E-state index contributed by atoms with van der Waals surface area (Å²) in [6.45, 7) is 1.70. The Balaban J connectivity index is 0.00000264. The highest BCUT2D eigenvalue weighted by Gasteiger charge is 2.31. The largest absolute Gasteiger partial charge is 0.497 e. The van der Waals surface area contributed by atoms with Crippen LogP contribution in [0, 0.1) is 0 Å².